The highest BCUT2D eigenvalue weighted by Crippen LogP contribution is 2.48. The van der Waals surface area contributed by atoms with Crippen LogP contribution in [0.1, 0.15) is 66.1 Å². The van der Waals surface area contributed by atoms with E-state index in [2.05, 4.69) is 21.8 Å². The third-order valence-corrected chi connectivity index (χ3v) is 13.9. The van der Waals surface area contributed by atoms with E-state index in [4.69, 9.17) is 21.1 Å². The van der Waals surface area contributed by atoms with Crippen LogP contribution in [0.15, 0.2) is 78.9 Å². The van der Waals surface area contributed by atoms with E-state index in [1.807, 2.05) is 55.5 Å². The summed E-state index contributed by atoms with van der Waals surface area (Å²) in [6.07, 6.45) is 9.86. The van der Waals surface area contributed by atoms with Crippen molar-refractivity contribution in [1.29, 1.82) is 0 Å². The van der Waals surface area contributed by atoms with Crippen molar-refractivity contribution >= 4 is 39.5 Å². The Morgan fingerprint density at radius 3 is 2.66 bits per heavy atom. The maximum atomic E-state index is 14.1. The lowest BCUT2D eigenvalue weighted by atomic mass is 9.64. The number of nitrogens with zero attached hydrogens (tertiary/aromatic N) is 1. The molecule has 264 valence electrons. The average molecular weight is 717 g/mol. The van der Waals surface area contributed by atoms with Gasteiger partial charge in [0.05, 0.1) is 17.5 Å². The van der Waals surface area contributed by atoms with E-state index in [1.165, 1.54) is 11.1 Å². The normalized spacial score (nSPS) is 31.2. The zero-order chi connectivity index (χ0) is 35.1. The van der Waals surface area contributed by atoms with Gasteiger partial charge in [0.2, 0.25) is 10.0 Å². The van der Waals surface area contributed by atoms with Crippen molar-refractivity contribution in [2.75, 3.05) is 31.7 Å². The second-order valence-corrected chi connectivity index (χ2v) is 17.1. The van der Waals surface area contributed by atoms with Gasteiger partial charge in [0.25, 0.3) is 5.91 Å². The molecule has 2 aliphatic heterocycles. The second-order valence-electron chi connectivity index (χ2n) is 14.7. The van der Waals surface area contributed by atoms with E-state index in [1.54, 1.807) is 25.3 Å². The molecular formula is C40H45ClN2O6S. The van der Waals surface area contributed by atoms with Gasteiger partial charge in [0.15, 0.2) is 6.29 Å². The Morgan fingerprint density at radius 1 is 1.10 bits per heavy atom. The van der Waals surface area contributed by atoms with Gasteiger partial charge in [0.1, 0.15) is 11.4 Å². The van der Waals surface area contributed by atoms with Crippen LogP contribution < -0.4 is 14.4 Å². The minimum Gasteiger partial charge on any atom is -0.490 e. The number of carbonyl (C=O) groups excluding carboxylic acids is 2. The summed E-state index contributed by atoms with van der Waals surface area (Å²) in [5.41, 5.74) is 2.83. The molecule has 1 spiro atoms. The summed E-state index contributed by atoms with van der Waals surface area (Å²) < 4.78 is 43.2. The van der Waals surface area contributed by atoms with E-state index in [0.29, 0.717) is 36.9 Å². The highest BCUT2D eigenvalue weighted by molar-refractivity contribution is 7.90. The van der Waals surface area contributed by atoms with E-state index in [9.17, 15) is 18.0 Å². The van der Waals surface area contributed by atoms with Gasteiger partial charge in [0, 0.05) is 42.1 Å². The molecule has 3 aromatic rings. The highest BCUT2D eigenvalue weighted by Gasteiger charge is 2.49. The summed E-state index contributed by atoms with van der Waals surface area (Å²) in [7, 11) is -2.56. The standard InChI is InChI=1S/C40H45ClN2O6S/c1-27-8-6-19-40(25-44,48-2)34-15-12-31(34)23-43-24-39(18-7-11-29-21-32(41)14-16-33(29)39)26-49-36-17-13-30(22-35(36)43)38(45)42-50(46,47)37(27)20-28-9-4-3-5-10-28/h3-6,9-10,13-14,16-17,19,21-22,25,27,31,34,37H,7-8,11-12,15,18,20,23-24,26H2,1-2H3,(H,42,45)/b19-6-/t27-,31-,34+,37+,39-,40-/m0/s1. The Balaban J connectivity index is 1.32. The van der Waals surface area contributed by atoms with Gasteiger partial charge in [-0.05, 0) is 110 Å². The minimum atomic E-state index is -4.14. The zero-order valence-corrected chi connectivity index (χ0v) is 30.2. The van der Waals surface area contributed by atoms with Gasteiger partial charge in [-0.2, -0.15) is 0 Å². The van der Waals surface area contributed by atoms with Gasteiger partial charge >= 0.3 is 0 Å². The van der Waals surface area contributed by atoms with Crippen molar-refractivity contribution in [2.45, 2.75) is 68.1 Å². The molecule has 10 heteroatoms. The second kappa shape index (κ2) is 13.8. The summed E-state index contributed by atoms with van der Waals surface area (Å²) in [6, 6.07) is 20.8. The van der Waals surface area contributed by atoms with Crippen LogP contribution in [0.5, 0.6) is 5.75 Å². The van der Waals surface area contributed by atoms with Crippen LogP contribution >= 0.6 is 11.6 Å². The molecule has 1 amide bonds. The number of rotatable bonds is 4. The van der Waals surface area contributed by atoms with E-state index >= 15 is 0 Å². The number of hydrogen-bond donors (Lipinski definition) is 1. The van der Waals surface area contributed by atoms with E-state index in [-0.39, 0.29) is 35.2 Å². The van der Waals surface area contributed by atoms with Crippen molar-refractivity contribution in [3.8, 4) is 5.75 Å². The van der Waals surface area contributed by atoms with Crippen LogP contribution in [0.2, 0.25) is 5.02 Å². The Labute approximate surface area is 300 Å². The molecule has 50 heavy (non-hydrogen) atoms. The zero-order valence-electron chi connectivity index (χ0n) is 28.6. The first-order chi connectivity index (χ1) is 24.1. The van der Waals surface area contributed by atoms with Crippen molar-refractivity contribution in [3.05, 3.63) is 106 Å². The van der Waals surface area contributed by atoms with Crippen LogP contribution in [0.4, 0.5) is 5.69 Å². The fourth-order valence-electron chi connectivity index (χ4n) is 8.78. The quantitative estimate of drug-likeness (QED) is 0.237. The molecule has 2 aliphatic carbocycles. The molecule has 2 heterocycles. The third-order valence-electron chi connectivity index (χ3n) is 11.7. The van der Waals surface area contributed by atoms with Crippen LogP contribution in [0, 0.1) is 17.8 Å². The molecule has 4 aliphatic rings. The monoisotopic (exact) mass is 716 g/mol. The Bertz CT molecular complexity index is 1900. The molecule has 0 radical (unpaired) electrons. The van der Waals surface area contributed by atoms with Gasteiger partial charge < -0.3 is 14.4 Å². The molecule has 2 bridgehead atoms. The number of ether oxygens (including phenoxy) is 2. The molecule has 7 rings (SSSR count). The number of amides is 1. The van der Waals surface area contributed by atoms with Gasteiger partial charge in [-0.15, -0.1) is 0 Å². The summed E-state index contributed by atoms with van der Waals surface area (Å²) in [4.78, 5) is 29.1. The number of allylic oxidation sites excluding steroid dienone is 1. The lowest BCUT2D eigenvalue weighted by Gasteiger charge is -2.48. The van der Waals surface area contributed by atoms with Gasteiger partial charge in [-0.1, -0.05) is 61.0 Å². The van der Waals surface area contributed by atoms with Gasteiger partial charge in [-0.3, -0.25) is 9.59 Å². The van der Waals surface area contributed by atoms with Crippen LogP contribution in [-0.2, 0) is 37.8 Å². The Morgan fingerprint density at radius 2 is 1.92 bits per heavy atom. The average Bonchev–Trinajstić information content (AvgIpc) is 3.24. The molecule has 1 fully saturated rings. The predicted octanol–water partition coefficient (Wildman–Crippen LogP) is 6.69. The number of sulfonamides is 1. The van der Waals surface area contributed by atoms with E-state index in [0.717, 1.165) is 49.6 Å². The molecule has 1 saturated carbocycles. The summed E-state index contributed by atoms with van der Waals surface area (Å²) in [6.45, 7) is 3.58. The topological polar surface area (TPSA) is 102 Å². The largest absolute Gasteiger partial charge is 0.490 e. The maximum Gasteiger partial charge on any atom is 0.264 e. The number of nitrogens with one attached hydrogen (secondary N) is 1. The highest BCUT2D eigenvalue weighted by atomic mass is 35.5. The summed E-state index contributed by atoms with van der Waals surface area (Å²) in [5.74, 6) is -0.333. The smallest absolute Gasteiger partial charge is 0.264 e. The van der Waals surface area contributed by atoms with Gasteiger partial charge in [-0.25, -0.2) is 13.1 Å². The van der Waals surface area contributed by atoms with Crippen LogP contribution in [0.3, 0.4) is 0 Å². The molecule has 1 N–H and O–H groups in total. The molecule has 6 atom stereocenters. The van der Waals surface area contributed by atoms with Crippen LogP contribution in [0.25, 0.3) is 0 Å². The van der Waals surface area contributed by atoms with Crippen molar-refractivity contribution in [1.82, 2.24) is 4.72 Å². The number of carbonyl (C=O) groups is 2. The molecule has 0 saturated heterocycles. The Hall–Kier alpha value is -3.66. The Kier molecular flexibility index (Phi) is 9.60. The number of fused-ring (bicyclic) bond motifs is 4. The molecule has 0 aromatic heterocycles. The van der Waals surface area contributed by atoms with Crippen molar-refractivity contribution < 1.29 is 27.5 Å². The number of aldehydes is 1. The number of methoxy groups -OCH3 is 1. The number of halogens is 1. The number of aryl methyl sites for hydroxylation is 1. The first kappa shape index (κ1) is 34.8. The number of benzene rings is 3. The van der Waals surface area contributed by atoms with Crippen LogP contribution in [-0.4, -0.2) is 58.3 Å². The fourth-order valence-corrected chi connectivity index (χ4v) is 10.6. The molecule has 0 unspecified atom stereocenters. The maximum absolute atomic E-state index is 14.1. The van der Waals surface area contributed by atoms with Crippen molar-refractivity contribution in [2.24, 2.45) is 17.8 Å². The van der Waals surface area contributed by atoms with Crippen molar-refractivity contribution in [3.63, 3.8) is 0 Å². The first-order valence-corrected chi connectivity index (χ1v) is 19.6. The lowest BCUT2D eigenvalue weighted by Crippen LogP contribution is -2.53. The predicted molar refractivity (Wildman–Crippen MR) is 195 cm³/mol. The lowest BCUT2D eigenvalue weighted by molar-refractivity contribution is -0.135. The third kappa shape index (κ3) is 6.48. The summed E-state index contributed by atoms with van der Waals surface area (Å²) in [5, 5.41) is -0.193. The minimum absolute atomic E-state index is 0.0687. The number of anilines is 1. The fraction of sp³-hybridized carbons (Fsp3) is 0.450. The molecule has 8 nitrogen and oxygen atoms in total. The summed E-state index contributed by atoms with van der Waals surface area (Å²) >= 11 is 6.44. The first-order valence-electron chi connectivity index (χ1n) is 17.7. The van der Waals surface area contributed by atoms with E-state index < -0.39 is 26.8 Å². The molecular weight excluding hydrogens is 672 g/mol. The SMILES string of the molecule is CO[C@]1(C=O)/C=C\C[C@H](C)[C@@H](Cc2ccccc2)S(=O)(=O)NC(=O)c2ccc3c(c2)N(C[C@@H]2CC[C@H]21)C[C@@]1(CCCc2cc(Cl)ccc21)CO3. The molecule has 3 aromatic carbocycles. The number of hydrogen-bond acceptors (Lipinski definition) is 7.